The predicted octanol–water partition coefficient (Wildman–Crippen LogP) is 3.90. The van der Waals surface area contributed by atoms with Gasteiger partial charge < -0.3 is 9.45 Å². The van der Waals surface area contributed by atoms with Crippen molar-refractivity contribution in [2.75, 3.05) is 19.6 Å². The van der Waals surface area contributed by atoms with Gasteiger partial charge >= 0.3 is 6.18 Å². The molecule has 1 saturated heterocycles. The Morgan fingerprint density at radius 3 is 2.57 bits per heavy atom. The monoisotopic (exact) mass is 417 g/mol. The standard InChI is InChI=1S/C20H29F3N2O2S/c1-2-3-4-5-9-25-12-17-18(13-25)19(17,14-20(21,22)23)16-8-6-7-15(10-16)11-24-28(26)27/h6-8,10,17-18,24H,2-5,9,11-14H2,1H3,(H,26,27)/p-1. The molecule has 4 nitrogen and oxygen atoms in total. The van der Waals surface area contributed by atoms with Gasteiger partial charge in [-0.05, 0) is 35.9 Å². The van der Waals surface area contributed by atoms with Crippen LogP contribution in [-0.4, -0.2) is 39.5 Å². The maximum atomic E-state index is 13.4. The molecular weight excluding hydrogens is 389 g/mol. The van der Waals surface area contributed by atoms with E-state index in [4.69, 9.17) is 0 Å². The van der Waals surface area contributed by atoms with Crippen molar-refractivity contribution in [2.45, 2.75) is 57.2 Å². The van der Waals surface area contributed by atoms with Crippen molar-refractivity contribution in [3.05, 3.63) is 35.4 Å². The molecule has 2 aliphatic rings. The van der Waals surface area contributed by atoms with Crippen LogP contribution in [0.15, 0.2) is 24.3 Å². The number of hydrogen-bond donors (Lipinski definition) is 1. The molecule has 1 N–H and O–H groups in total. The van der Waals surface area contributed by atoms with E-state index in [1.54, 1.807) is 24.3 Å². The number of piperidine rings is 1. The van der Waals surface area contributed by atoms with Crippen molar-refractivity contribution in [1.29, 1.82) is 0 Å². The van der Waals surface area contributed by atoms with E-state index in [1.165, 1.54) is 19.3 Å². The molecule has 1 aliphatic carbocycles. The van der Waals surface area contributed by atoms with Crippen molar-refractivity contribution in [1.82, 2.24) is 9.62 Å². The molecule has 1 aromatic carbocycles. The summed E-state index contributed by atoms with van der Waals surface area (Å²) in [5, 5.41) is 0. The lowest BCUT2D eigenvalue weighted by Crippen LogP contribution is -2.34. The van der Waals surface area contributed by atoms with Crippen LogP contribution >= 0.6 is 0 Å². The summed E-state index contributed by atoms with van der Waals surface area (Å²) in [5.41, 5.74) is 0.524. The third-order valence-corrected chi connectivity index (χ3v) is 6.67. The van der Waals surface area contributed by atoms with Crippen molar-refractivity contribution >= 4 is 11.3 Å². The van der Waals surface area contributed by atoms with Gasteiger partial charge in [-0.2, -0.15) is 13.2 Å². The Morgan fingerprint density at radius 2 is 1.96 bits per heavy atom. The molecule has 0 amide bonds. The number of unbranched alkanes of at least 4 members (excludes halogenated alkanes) is 3. The Labute approximate surface area is 167 Å². The van der Waals surface area contributed by atoms with Gasteiger partial charge in [-0.1, -0.05) is 50.5 Å². The van der Waals surface area contributed by atoms with Gasteiger partial charge in [-0.25, -0.2) is 4.72 Å². The SMILES string of the molecule is CCCCCCN1CC2C(C1)C2(CC(F)(F)F)c1cccc(CNS(=O)[O-])c1. The minimum Gasteiger partial charge on any atom is -0.760 e. The maximum absolute atomic E-state index is 13.4. The van der Waals surface area contributed by atoms with E-state index in [-0.39, 0.29) is 18.4 Å². The highest BCUT2D eigenvalue weighted by atomic mass is 32.2. The molecule has 0 radical (unpaired) electrons. The van der Waals surface area contributed by atoms with Crippen LogP contribution in [0.4, 0.5) is 13.2 Å². The summed E-state index contributed by atoms with van der Waals surface area (Å²) >= 11 is -2.40. The molecule has 1 aliphatic heterocycles. The number of benzene rings is 1. The third-order valence-electron chi connectivity index (χ3n) is 6.29. The van der Waals surface area contributed by atoms with Crippen LogP contribution in [0.5, 0.6) is 0 Å². The highest BCUT2D eigenvalue weighted by Gasteiger charge is 2.70. The first-order valence-electron chi connectivity index (χ1n) is 9.97. The van der Waals surface area contributed by atoms with Gasteiger partial charge in [0, 0.05) is 36.3 Å². The first kappa shape index (κ1) is 21.7. The fourth-order valence-electron chi connectivity index (χ4n) is 5.00. The minimum atomic E-state index is -4.22. The summed E-state index contributed by atoms with van der Waals surface area (Å²) < 4.78 is 64.0. The van der Waals surface area contributed by atoms with Crippen molar-refractivity contribution in [3.8, 4) is 0 Å². The van der Waals surface area contributed by atoms with E-state index < -0.39 is 29.3 Å². The Kier molecular flexibility index (Phi) is 6.84. The van der Waals surface area contributed by atoms with Gasteiger partial charge in [0.1, 0.15) is 0 Å². The second-order valence-corrected chi connectivity index (χ2v) is 8.88. The molecule has 28 heavy (non-hydrogen) atoms. The number of hydrogen-bond acceptors (Lipinski definition) is 3. The van der Waals surface area contributed by atoms with E-state index in [2.05, 4.69) is 16.5 Å². The van der Waals surface area contributed by atoms with Crippen LogP contribution in [0.1, 0.15) is 50.2 Å². The fourth-order valence-corrected chi connectivity index (χ4v) is 5.28. The summed E-state index contributed by atoms with van der Waals surface area (Å²) in [6.07, 6.45) is -0.373. The quantitative estimate of drug-likeness (QED) is 0.464. The molecule has 1 aromatic rings. The lowest BCUT2D eigenvalue weighted by Gasteiger charge is -2.28. The van der Waals surface area contributed by atoms with Gasteiger partial charge in [-0.3, -0.25) is 4.21 Å². The lowest BCUT2D eigenvalue weighted by atomic mass is 9.85. The minimum absolute atomic E-state index is 0.0251. The van der Waals surface area contributed by atoms with Gasteiger partial charge in [0.2, 0.25) is 0 Å². The molecule has 2 fully saturated rings. The molecule has 0 bridgehead atoms. The number of nitrogens with zero attached hydrogens (tertiary/aromatic N) is 1. The van der Waals surface area contributed by atoms with Crippen LogP contribution in [0.3, 0.4) is 0 Å². The van der Waals surface area contributed by atoms with Crippen LogP contribution < -0.4 is 4.72 Å². The summed E-state index contributed by atoms with van der Waals surface area (Å²) in [4.78, 5) is 2.31. The van der Waals surface area contributed by atoms with E-state index in [0.29, 0.717) is 11.1 Å². The van der Waals surface area contributed by atoms with Crippen molar-refractivity contribution in [3.63, 3.8) is 0 Å². The maximum Gasteiger partial charge on any atom is 0.389 e. The second kappa shape index (κ2) is 8.81. The fraction of sp³-hybridized carbons (Fsp3) is 0.700. The van der Waals surface area contributed by atoms with E-state index in [1.807, 2.05) is 0 Å². The highest BCUT2D eigenvalue weighted by Crippen LogP contribution is 2.67. The molecule has 3 atom stereocenters. The highest BCUT2D eigenvalue weighted by molar-refractivity contribution is 7.77. The largest absolute Gasteiger partial charge is 0.760 e. The number of likely N-dealkylation sites (tertiary alicyclic amines) is 1. The summed E-state index contributed by atoms with van der Waals surface area (Å²) in [7, 11) is 0. The van der Waals surface area contributed by atoms with Gasteiger partial charge in [0.15, 0.2) is 0 Å². The lowest BCUT2D eigenvalue weighted by molar-refractivity contribution is -0.143. The zero-order chi connectivity index (χ0) is 20.4. The number of rotatable bonds is 10. The third kappa shape index (κ3) is 4.96. The molecule has 3 unspecified atom stereocenters. The molecule has 1 saturated carbocycles. The number of halogens is 3. The summed E-state index contributed by atoms with van der Waals surface area (Å²) in [6.45, 7) is 4.66. The molecule has 158 valence electrons. The molecule has 0 spiro atoms. The summed E-state index contributed by atoms with van der Waals surface area (Å²) in [5.74, 6) is 0.0503. The van der Waals surface area contributed by atoms with Crippen LogP contribution in [0, 0.1) is 11.8 Å². The normalized spacial score (nSPS) is 28.3. The average molecular weight is 418 g/mol. The topological polar surface area (TPSA) is 55.4 Å². The van der Waals surface area contributed by atoms with Gasteiger partial charge in [-0.15, -0.1) is 0 Å². The van der Waals surface area contributed by atoms with E-state index >= 15 is 0 Å². The van der Waals surface area contributed by atoms with Crippen LogP contribution in [0.25, 0.3) is 0 Å². The second-order valence-electron chi connectivity index (χ2n) is 8.12. The zero-order valence-electron chi connectivity index (χ0n) is 16.1. The smallest absolute Gasteiger partial charge is 0.389 e. The number of fused-ring (bicyclic) bond motifs is 1. The Hall–Kier alpha value is -0.960. The summed E-state index contributed by atoms with van der Waals surface area (Å²) in [6, 6.07) is 6.99. The van der Waals surface area contributed by atoms with Crippen LogP contribution in [-0.2, 0) is 23.2 Å². The van der Waals surface area contributed by atoms with Gasteiger partial charge in [0.05, 0.1) is 6.42 Å². The number of alkyl halides is 3. The predicted molar refractivity (Wildman–Crippen MR) is 102 cm³/mol. The molecular formula is C20H28F3N2O2S-. The van der Waals surface area contributed by atoms with E-state index in [9.17, 15) is 21.9 Å². The molecule has 0 aromatic heterocycles. The Bertz CT molecular complexity index is 686. The van der Waals surface area contributed by atoms with E-state index in [0.717, 1.165) is 26.1 Å². The molecule has 8 heteroatoms. The first-order chi connectivity index (χ1) is 13.3. The molecule has 3 rings (SSSR count). The van der Waals surface area contributed by atoms with Crippen molar-refractivity contribution < 1.29 is 21.9 Å². The zero-order valence-corrected chi connectivity index (χ0v) is 17.0. The van der Waals surface area contributed by atoms with Crippen LogP contribution in [0.2, 0.25) is 0 Å². The van der Waals surface area contributed by atoms with Crippen molar-refractivity contribution in [2.24, 2.45) is 11.8 Å². The average Bonchev–Trinajstić information content (AvgIpc) is 3.00. The first-order valence-corrected chi connectivity index (χ1v) is 11.0. The number of nitrogens with one attached hydrogen (secondary N) is 1. The Balaban J connectivity index is 1.71. The Morgan fingerprint density at radius 1 is 1.25 bits per heavy atom. The molecule has 1 heterocycles. The van der Waals surface area contributed by atoms with Gasteiger partial charge in [0.25, 0.3) is 0 Å².